The normalized spacial score (nSPS) is 20.2. The Bertz CT molecular complexity index is 939. The Morgan fingerprint density at radius 3 is 2.82 bits per heavy atom. The summed E-state index contributed by atoms with van der Waals surface area (Å²) in [5.74, 6) is -0.0406. The van der Waals surface area contributed by atoms with Crippen LogP contribution in [0.1, 0.15) is 17.5 Å². The molecule has 2 atom stereocenters. The van der Waals surface area contributed by atoms with Gasteiger partial charge in [0.2, 0.25) is 5.91 Å². The molecule has 0 aliphatic carbocycles. The molecule has 1 aliphatic rings. The van der Waals surface area contributed by atoms with Gasteiger partial charge in [-0.2, -0.15) is 0 Å². The zero-order chi connectivity index (χ0) is 19.3. The fourth-order valence-corrected chi connectivity index (χ4v) is 3.94. The van der Waals surface area contributed by atoms with Crippen LogP contribution in [0.4, 0.5) is 0 Å². The molecule has 28 heavy (non-hydrogen) atoms. The number of rotatable bonds is 5. The summed E-state index contributed by atoms with van der Waals surface area (Å²) in [6, 6.07) is 17.9. The maximum Gasteiger partial charge on any atom is 0.224 e. The van der Waals surface area contributed by atoms with Crippen LogP contribution in [0.3, 0.4) is 0 Å². The summed E-state index contributed by atoms with van der Waals surface area (Å²) < 4.78 is 0. The molecule has 2 aromatic carbocycles. The van der Waals surface area contributed by atoms with Gasteiger partial charge in [0.1, 0.15) is 0 Å². The number of fused-ring (bicyclic) bond motifs is 1. The third kappa shape index (κ3) is 4.38. The quantitative estimate of drug-likeness (QED) is 0.719. The lowest BCUT2D eigenvalue weighted by Crippen LogP contribution is -2.54. The van der Waals surface area contributed by atoms with E-state index in [1.165, 1.54) is 0 Å². The van der Waals surface area contributed by atoms with Gasteiger partial charge >= 0.3 is 0 Å². The number of hydrogen-bond acceptors (Lipinski definition) is 4. The summed E-state index contributed by atoms with van der Waals surface area (Å²) in [4.78, 5) is 18.9. The zero-order valence-corrected chi connectivity index (χ0v) is 15.8. The van der Waals surface area contributed by atoms with Crippen LogP contribution in [0.2, 0.25) is 0 Å². The van der Waals surface area contributed by atoms with Crippen molar-refractivity contribution in [1.82, 2.24) is 15.2 Å². The average Bonchev–Trinajstić information content (AvgIpc) is 2.71. The number of hydrogen-bond donors (Lipinski definition) is 2. The van der Waals surface area contributed by atoms with Gasteiger partial charge in [0.25, 0.3) is 0 Å². The van der Waals surface area contributed by atoms with Crippen molar-refractivity contribution in [3.63, 3.8) is 0 Å². The van der Waals surface area contributed by atoms with Gasteiger partial charge in [-0.15, -0.1) is 0 Å². The van der Waals surface area contributed by atoms with Crippen molar-refractivity contribution in [1.29, 1.82) is 0 Å². The second kappa shape index (κ2) is 8.50. The Balaban J connectivity index is 1.34. The van der Waals surface area contributed by atoms with E-state index in [1.807, 2.05) is 48.7 Å². The number of nitrogens with zero attached hydrogens (tertiary/aromatic N) is 2. The molecule has 144 valence electrons. The molecule has 3 aromatic rings. The summed E-state index contributed by atoms with van der Waals surface area (Å²) in [5, 5.41) is 15.8. The zero-order valence-electron chi connectivity index (χ0n) is 15.8. The molecule has 1 aliphatic heterocycles. The Labute approximate surface area is 165 Å². The first kappa shape index (κ1) is 18.6. The molecule has 0 bridgehead atoms. The molecule has 0 unspecified atom stereocenters. The second-order valence-electron chi connectivity index (χ2n) is 7.44. The first-order valence-electron chi connectivity index (χ1n) is 9.74. The molecule has 0 radical (unpaired) electrons. The van der Waals surface area contributed by atoms with Gasteiger partial charge < -0.3 is 10.4 Å². The van der Waals surface area contributed by atoms with Crippen LogP contribution >= 0.6 is 0 Å². The highest BCUT2D eigenvalue weighted by Crippen LogP contribution is 2.19. The van der Waals surface area contributed by atoms with Crippen LogP contribution < -0.4 is 5.32 Å². The summed E-state index contributed by atoms with van der Waals surface area (Å²) in [6.45, 7) is 2.15. The van der Waals surface area contributed by atoms with Crippen LogP contribution in [0.25, 0.3) is 10.8 Å². The minimum absolute atomic E-state index is 0.0406. The third-order valence-corrected chi connectivity index (χ3v) is 5.37. The van der Waals surface area contributed by atoms with Crippen LogP contribution in [0.15, 0.2) is 67.0 Å². The van der Waals surface area contributed by atoms with E-state index in [-0.39, 0.29) is 11.9 Å². The highest BCUT2D eigenvalue weighted by molar-refractivity contribution is 5.90. The molecule has 4 rings (SSSR count). The topological polar surface area (TPSA) is 65.5 Å². The SMILES string of the molecule is O=C(Cc1cccc2ccccc12)N[C@@H]1CCN(Cc2cccnc2)C[C@H]1O. The Hall–Kier alpha value is -2.76. The van der Waals surface area contributed by atoms with Crippen molar-refractivity contribution < 1.29 is 9.90 Å². The minimum atomic E-state index is -0.568. The molecular formula is C23H25N3O2. The highest BCUT2D eigenvalue weighted by Gasteiger charge is 2.28. The number of β-amino-alcohol motifs (C(OH)–C–C–N with tert-alkyl or cyclic N) is 1. The number of piperidine rings is 1. The number of benzene rings is 2. The van der Waals surface area contributed by atoms with Gasteiger partial charge in [-0.1, -0.05) is 48.5 Å². The van der Waals surface area contributed by atoms with Crippen LogP contribution in [-0.4, -0.2) is 46.1 Å². The summed E-state index contributed by atoms with van der Waals surface area (Å²) in [6.07, 6.45) is 4.11. The van der Waals surface area contributed by atoms with E-state index in [1.54, 1.807) is 6.20 Å². The van der Waals surface area contributed by atoms with Crippen molar-refractivity contribution in [3.05, 3.63) is 78.1 Å². The molecule has 2 N–H and O–H groups in total. The largest absolute Gasteiger partial charge is 0.390 e. The first-order chi connectivity index (χ1) is 13.7. The fourth-order valence-electron chi connectivity index (χ4n) is 3.94. The first-order valence-corrected chi connectivity index (χ1v) is 9.74. The molecule has 1 amide bonds. The lowest BCUT2D eigenvalue weighted by Gasteiger charge is -2.36. The number of amides is 1. The average molecular weight is 375 g/mol. The predicted molar refractivity (Wildman–Crippen MR) is 110 cm³/mol. The number of pyridine rings is 1. The summed E-state index contributed by atoms with van der Waals surface area (Å²) in [7, 11) is 0. The molecule has 1 saturated heterocycles. The molecule has 0 spiro atoms. The molecule has 0 saturated carbocycles. The van der Waals surface area contributed by atoms with Gasteiger partial charge in [0, 0.05) is 32.0 Å². The van der Waals surface area contributed by atoms with E-state index in [4.69, 9.17) is 0 Å². The van der Waals surface area contributed by atoms with Crippen molar-refractivity contribution in [2.45, 2.75) is 31.5 Å². The molecular weight excluding hydrogens is 350 g/mol. The van der Waals surface area contributed by atoms with Crippen LogP contribution in [-0.2, 0) is 17.8 Å². The van der Waals surface area contributed by atoms with Crippen LogP contribution in [0, 0.1) is 0 Å². The minimum Gasteiger partial charge on any atom is -0.390 e. The van der Waals surface area contributed by atoms with Crippen molar-refractivity contribution in [2.24, 2.45) is 0 Å². The van der Waals surface area contributed by atoms with Gasteiger partial charge in [-0.3, -0.25) is 14.7 Å². The standard InChI is InChI=1S/C23H25N3O2/c27-22-16-26(15-17-5-4-11-24-14-17)12-10-21(22)25-23(28)13-19-8-3-7-18-6-1-2-9-20(18)19/h1-9,11,14,21-22,27H,10,12-13,15-16H2,(H,25,28)/t21-,22-/m1/s1. The Morgan fingerprint density at radius 1 is 1.14 bits per heavy atom. The van der Waals surface area contributed by atoms with E-state index in [9.17, 15) is 9.90 Å². The number of likely N-dealkylation sites (tertiary alicyclic amines) is 1. The number of aromatic nitrogens is 1. The van der Waals surface area contributed by atoms with E-state index in [2.05, 4.69) is 27.3 Å². The number of nitrogens with one attached hydrogen (secondary N) is 1. The van der Waals surface area contributed by atoms with Crippen molar-refractivity contribution in [3.8, 4) is 0 Å². The van der Waals surface area contributed by atoms with Gasteiger partial charge in [-0.05, 0) is 34.4 Å². The summed E-state index contributed by atoms with van der Waals surface area (Å²) in [5.41, 5.74) is 2.15. The fraction of sp³-hybridized carbons (Fsp3) is 0.304. The van der Waals surface area contributed by atoms with Gasteiger partial charge in [0.05, 0.1) is 18.6 Å². The predicted octanol–water partition coefficient (Wildman–Crippen LogP) is 2.53. The second-order valence-corrected chi connectivity index (χ2v) is 7.44. The van der Waals surface area contributed by atoms with Crippen molar-refractivity contribution in [2.75, 3.05) is 13.1 Å². The van der Waals surface area contributed by atoms with Gasteiger partial charge in [0.15, 0.2) is 0 Å². The number of aliphatic hydroxyl groups excluding tert-OH is 1. The number of carbonyl (C=O) groups excluding carboxylic acids is 1. The lowest BCUT2D eigenvalue weighted by molar-refractivity contribution is -0.122. The monoisotopic (exact) mass is 375 g/mol. The van der Waals surface area contributed by atoms with Crippen LogP contribution in [0.5, 0.6) is 0 Å². The Morgan fingerprint density at radius 2 is 2.00 bits per heavy atom. The van der Waals surface area contributed by atoms with E-state index in [0.717, 1.165) is 41.4 Å². The van der Waals surface area contributed by atoms with Crippen molar-refractivity contribution >= 4 is 16.7 Å². The third-order valence-electron chi connectivity index (χ3n) is 5.37. The Kier molecular flexibility index (Phi) is 5.65. The molecule has 2 heterocycles. The molecule has 1 fully saturated rings. The molecule has 1 aromatic heterocycles. The lowest BCUT2D eigenvalue weighted by atomic mass is 9.99. The molecule has 5 nitrogen and oxygen atoms in total. The highest BCUT2D eigenvalue weighted by atomic mass is 16.3. The smallest absolute Gasteiger partial charge is 0.224 e. The van der Waals surface area contributed by atoms with E-state index >= 15 is 0 Å². The molecule has 5 heteroatoms. The van der Waals surface area contributed by atoms with E-state index < -0.39 is 6.10 Å². The maximum absolute atomic E-state index is 12.6. The summed E-state index contributed by atoms with van der Waals surface area (Å²) >= 11 is 0. The van der Waals surface area contributed by atoms with E-state index in [0.29, 0.717) is 13.0 Å². The van der Waals surface area contributed by atoms with Gasteiger partial charge in [-0.25, -0.2) is 0 Å². The maximum atomic E-state index is 12.6. The number of carbonyl (C=O) groups is 1. The number of aliphatic hydroxyl groups is 1.